The maximum Gasteiger partial charge on any atom is 0.317 e. The lowest BCUT2D eigenvalue weighted by Crippen LogP contribution is -2.52. The van der Waals surface area contributed by atoms with Crippen LogP contribution in [0.15, 0.2) is 42.5 Å². The maximum absolute atomic E-state index is 14.9. The zero-order valence-corrected chi connectivity index (χ0v) is 23.6. The van der Waals surface area contributed by atoms with Crippen LogP contribution in [-0.4, -0.2) is 32.1 Å². The van der Waals surface area contributed by atoms with Crippen LogP contribution in [-0.2, 0) is 39.6 Å². The third-order valence-electron chi connectivity index (χ3n) is 8.70. The second-order valence-corrected chi connectivity index (χ2v) is 11.9. The van der Waals surface area contributed by atoms with Crippen molar-refractivity contribution in [3.63, 3.8) is 0 Å². The van der Waals surface area contributed by atoms with E-state index in [1.807, 2.05) is 0 Å². The monoisotopic (exact) mass is 560 g/mol. The van der Waals surface area contributed by atoms with Crippen molar-refractivity contribution < 1.29 is 23.1 Å². The number of hydrogen-bond donors (Lipinski definition) is 0. The van der Waals surface area contributed by atoms with E-state index in [1.54, 1.807) is 45.2 Å². The number of cyclic esters (lactones) is 1. The molecule has 2 unspecified atom stereocenters. The highest BCUT2D eigenvalue weighted by Gasteiger charge is 2.51. The van der Waals surface area contributed by atoms with Gasteiger partial charge in [-0.25, -0.2) is 13.8 Å². The van der Waals surface area contributed by atoms with Gasteiger partial charge in [-0.15, -0.1) is 0 Å². The number of carbonyl (C=O) groups excluding carboxylic acids is 2. The van der Waals surface area contributed by atoms with Gasteiger partial charge in [-0.3, -0.25) is 14.3 Å². The van der Waals surface area contributed by atoms with Gasteiger partial charge in [0.2, 0.25) is 0 Å². The molecule has 41 heavy (non-hydrogen) atoms. The first kappa shape index (κ1) is 28.6. The first-order valence-corrected chi connectivity index (χ1v) is 14.1. The standard InChI is InChI=1S/C32H34F2N4O3/c1-31(2,19-35)25-12-11-20(15-26(25)34)13-14-32(22-8-4-5-9-22)18-27(39)24(30(40)41-32)17-28-36-29(37-38(28)3)21-7-6-10-23(33)16-21/h6-7,10-12,15-16,22,24H,4-5,8-9,13-14,17-18H2,1-3H3. The van der Waals surface area contributed by atoms with Crippen LogP contribution >= 0.6 is 0 Å². The molecular weight excluding hydrogens is 526 g/mol. The third kappa shape index (κ3) is 5.79. The Morgan fingerprint density at radius 1 is 1.15 bits per heavy atom. The number of Topliss-reactive ketones (excluding diaryl/α,β-unsaturated/α-hetero) is 1. The Morgan fingerprint density at radius 3 is 2.56 bits per heavy atom. The molecule has 0 bridgehead atoms. The molecule has 3 aromatic rings. The predicted molar refractivity (Wildman–Crippen MR) is 147 cm³/mol. The van der Waals surface area contributed by atoms with Crippen LogP contribution in [0.4, 0.5) is 8.78 Å². The highest BCUT2D eigenvalue weighted by atomic mass is 19.1. The minimum absolute atomic E-state index is 0.0403. The molecule has 214 valence electrons. The lowest BCUT2D eigenvalue weighted by molar-refractivity contribution is -0.185. The number of benzene rings is 2. The minimum atomic E-state index is -1.00. The summed E-state index contributed by atoms with van der Waals surface area (Å²) in [4.78, 5) is 31.5. The van der Waals surface area contributed by atoms with Crippen LogP contribution in [0.1, 0.15) is 69.3 Å². The largest absolute Gasteiger partial charge is 0.458 e. The van der Waals surface area contributed by atoms with E-state index in [-0.39, 0.29) is 24.5 Å². The van der Waals surface area contributed by atoms with Gasteiger partial charge < -0.3 is 4.74 Å². The molecular formula is C32H34F2N4O3. The second-order valence-electron chi connectivity index (χ2n) is 11.9. The summed E-state index contributed by atoms with van der Waals surface area (Å²) in [6.45, 7) is 3.35. The number of esters is 1. The van der Waals surface area contributed by atoms with E-state index in [4.69, 9.17) is 4.74 Å². The molecule has 1 aliphatic carbocycles. The Morgan fingerprint density at radius 2 is 1.90 bits per heavy atom. The first-order chi connectivity index (χ1) is 19.5. The lowest BCUT2D eigenvalue weighted by atomic mass is 9.73. The van der Waals surface area contributed by atoms with Crippen molar-refractivity contribution in [1.29, 1.82) is 5.26 Å². The number of aromatic nitrogens is 3. The number of ether oxygens (including phenoxy) is 1. The summed E-state index contributed by atoms with van der Waals surface area (Å²) in [5, 5.41) is 13.7. The molecule has 2 heterocycles. The van der Waals surface area contributed by atoms with Crippen molar-refractivity contribution in [2.24, 2.45) is 18.9 Å². The van der Waals surface area contributed by atoms with Gasteiger partial charge in [-0.2, -0.15) is 10.4 Å². The Bertz CT molecular complexity index is 1500. The number of halogens is 2. The fourth-order valence-corrected chi connectivity index (χ4v) is 6.24. The summed E-state index contributed by atoms with van der Waals surface area (Å²) in [5.41, 5.74) is -0.318. The molecule has 0 N–H and O–H groups in total. The molecule has 1 aromatic heterocycles. The van der Waals surface area contributed by atoms with Crippen molar-refractivity contribution in [2.45, 2.75) is 76.2 Å². The molecule has 0 amide bonds. The number of carbonyl (C=O) groups is 2. The SMILES string of the molecule is Cn1nc(-c2cccc(F)c2)nc1CC1C(=O)CC(CCc2ccc(C(C)(C)C#N)c(F)c2)(C2CCCC2)OC1=O. The summed E-state index contributed by atoms with van der Waals surface area (Å²) in [7, 11) is 1.68. The number of aryl methyl sites for hydroxylation is 2. The Balaban J connectivity index is 1.34. The van der Waals surface area contributed by atoms with Crippen molar-refractivity contribution in [3.05, 3.63) is 71.1 Å². The summed E-state index contributed by atoms with van der Waals surface area (Å²) < 4.78 is 36.3. The lowest BCUT2D eigenvalue weighted by Gasteiger charge is -2.43. The molecule has 2 atom stereocenters. The van der Waals surface area contributed by atoms with E-state index < -0.39 is 34.5 Å². The van der Waals surface area contributed by atoms with E-state index in [2.05, 4.69) is 16.2 Å². The van der Waals surface area contributed by atoms with Gasteiger partial charge in [0.25, 0.3) is 0 Å². The van der Waals surface area contributed by atoms with Gasteiger partial charge >= 0.3 is 5.97 Å². The quantitative estimate of drug-likeness (QED) is 0.255. The maximum atomic E-state index is 14.9. The van der Waals surface area contributed by atoms with E-state index in [9.17, 15) is 23.6 Å². The van der Waals surface area contributed by atoms with E-state index in [0.717, 1.165) is 31.2 Å². The number of hydrogen-bond acceptors (Lipinski definition) is 6. The average Bonchev–Trinajstić information content (AvgIpc) is 3.60. The molecule has 9 heteroatoms. The number of ketones is 1. The summed E-state index contributed by atoms with van der Waals surface area (Å²) in [5.74, 6) is -1.80. The van der Waals surface area contributed by atoms with Gasteiger partial charge in [0.05, 0.1) is 11.5 Å². The number of nitrogens with zero attached hydrogens (tertiary/aromatic N) is 4. The van der Waals surface area contributed by atoms with E-state index in [1.165, 1.54) is 22.9 Å². The molecule has 2 aromatic carbocycles. The normalized spacial score (nSPS) is 21.6. The zero-order valence-electron chi connectivity index (χ0n) is 23.6. The molecule has 2 aliphatic rings. The molecule has 1 aliphatic heterocycles. The second kappa shape index (κ2) is 11.2. The van der Waals surface area contributed by atoms with Crippen molar-refractivity contribution in [2.75, 3.05) is 0 Å². The highest BCUT2D eigenvalue weighted by Crippen LogP contribution is 2.45. The van der Waals surface area contributed by atoms with Crippen molar-refractivity contribution >= 4 is 11.8 Å². The topological polar surface area (TPSA) is 97.9 Å². The molecule has 1 saturated heterocycles. The Kier molecular flexibility index (Phi) is 7.78. The molecule has 2 fully saturated rings. The number of rotatable bonds is 8. The molecule has 0 spiro atoms. The molecule has 5 rings (SSSR count). The average molecular weight is 561 g/mol. The summed E-state index contributed by atoms with van der Waals surface area (Å²) >= 11 is 0. The fourth-order valence-electron chi connectivity index (χ4n) is 6.24. The zero-order chi connectivity index (χ0) is 29.4. The van der Waals surface area contributed by atoms with Crippen LogP contribution < -0.4 is 0 Å². The predicted octanol–water partition coefficient (Wildman–Crippen LogP) is 5.80. The van der Waals surface area contributed by atoms with Gasteiger partial charge in [-0.1, -0.05) is 37.1 Å². The molecule has 1 saturated carbocycles. The van der Waals surface area contributed by atoms with E-state index >= 15 is 0 Å². The highest BCUT2D eigenvalue weighted by molar-refractivity contribution is 6.01. The molecule has 0 radical (unpaired) electrons. The molecule has 7 nitrogen and oxygen atoms in total. The number of nitriles is 1. The van der Waals surface area contributed by atoms with Crippen LogP contribution in [0.25, 0.3) is 11.4 Å². The van der Waals surface area contributed by atoms with Gasteiger partial charge in [0, 0.05) is 31.0 Å². The first-order valence-electron chi connectivity index (χ1n) is 14.1. The summed E-state index contributed by atoms with van der Waals surface area (Å²) in [6.07, 6.45) is 4.75. The van der Waals surface area contributed by atoms with Crippen LogP contribution in [0.3, 0.4) is 0 Å². The Labute approximate surface area is 238 Å². The van der Waals surface area contributed by atoms with E-state index in [0.29, 0.717) is 35.6 Å². The van der Waals surface area contributed by atoms with Crippen LogP contribution in [0.2, 0.25) is 0 Å². The summed E-state index contributed by atoms with van der Waals surface area (Å²) in [6, 6.07) is 13.0. The fraction of sp³-hybridized carbons (Fsp3) is 0.469. The van der Waals surface area contributed by atoms with Gasteiger partial charge in [-0.05, 0) is 69.2 Å². The van der Waals surface area contributed by atoms with Crippen LogP contribution in [0.5, 0.6) is 0 Å². The van der Waals surface area contributed by atoms with Gasteiger partial charge in [0.1, 0.15) is 29.0 Å². The van der Waals surface area contributed by atoms with Crippen LogP contribution in [0, 0.1) is 34.8 Å². The van der Waals surface area contributed by atoms with Crippen molar-refractivity contribution in [1.82, 2.24) is 14.8 Å². The minimum Gasteiger partial charge on any atom is -0.458 e. The third-order valence-corrected chi connectivity index (χ3v) is 8.70. The Hall–Kier alpha value is -3.93. The van der Waals surface area contributed by atoms with Crippen molar-refractivity contribution in [3.8, 4) is 17.5 Å². The smallest absolute Gasteiger partial charge is 0.317 e. The van der Waals surface area contributed by atoms with Gasteiger partial charge in [0.15, 0.2) is 11.6 Å².